The van der Waals surface area contributed by atoms with Gasteiger partial charge in [0.05, 0.1) is 13.2 Å². The first-order chi connectivity index (χ1) is 12.3. The Kier molecular flexibility index (Phi) is 13.7. The third kappa shape index (κ3) is 9.40. The van der Waals surface area contributed by atoms with Crippen molar-refractivity contribution >= 4 is 0 Å². The number of hydrogen-bond acceptors (Lipinski definition) is 3. The predicted molar refractivity (Wildman–Crippen MR) is 106 cm³/mol. The lowest BCUT2D eigenvalue weighted by molar-refractivity contribution is -0.0303. The van der Waals surface area contributed by atoms with Crippen LogP contribution in [0.25, 0.3) is 0 Å². The van der Waals surface area contributed by atoms with Crippen LogP contribution >= 0.6 is 0 Å². The van der Waals surface area contributed by atoms with Crippen LogP contribution in [-0.2, 0) is 0 Å². The minimum atomic E-state index is -0.488. The van der Waals surface area contributed by atoms with Gasteiger partial charge in [-0.3, -0.25) is 0 Å². The second-order valence-corrected chi connectivity index (χ2v) is 8.40. The Morgan fingerprint density at radius 2 is 0.880 bits per heavy atom. The van der Waals surface area contributed by atoms with Crippen LogP contribution in [0.2, 0.25) is 0 Å². The molecule has 3 nitrogen and oxygen atoms in total. The molecule has 0 bridgehead atoms. The van der Waals surface area contributed by atoms with Gasteiger partial charge in [0.25, 0.3) is 0 Å². The first-order valence-corrected chi connectivity index (χ1v) is 11.1. The fraction of sp³-hybridized carbons (Fsp3) is 1.00. The van der Waals surface area contributed by atoms with Gasteiger partial charge >= 0.3 is 0 Å². The molecule has 0 amide bonds. The van der Waals surface area contributed by atoms with Gasteiger partial charge in [0.1, 0.15) is 0 Å². The SMILES string of the molecule is OCC1CCCCCCCCCCCCCCCCCC1(CO)CO. The molecule has 0 heterocycles. The van der Waals surface area contributed by atoms with E-state index in [4.69, 9.17) is 0 Å². The Bertz CT molecular complexity index is 289. The summed E-state index contributed by atoms with van der Waals surface area (Å²) < 4.78 is 0. The van der Waals surface area contributed by atoms with Crippen LogP contribution in [0, 0.1) is 11.3 Å². The van der Waals surface area contributed by atoms with E-state index in [1.807, 2.05) is 0 Å². The molecule has 150 valence electrons. The van der Waals surface area contributed by atoms with Gasteiger partial charge in [-0.05, 0) is 18.8 Å². The molecule has 1 rings (SSSR count). The summed E-state index contributed by atoms with van der Waals surface area (Å²) in [4.78, 5) is 0. The van der Waals surface area contributed by atoms with Gasteiger partial charge in [0.15, 0.2) is 0 Å². The summed E-state index contributed by atoms with van der Waals surface area (Å²) in [7, 11) is 0. The smallest absolute Gasteiger partial charge is 0.0512 e. The van der Waals surface area contributed by atoms with E-state index in [2.05, 4.69) is 0 Å². The quantitative estimate of drug-likeness (QED) is 0.650. The Hall–Kier alpha value is -0.120. The van der Waals surface area contributed by atoms with E-state index in [0.717, 1.165) is 25.7 Å². The van der Waals surface area contributed by atoms with Gasteiger partial charge in [-0.25, -0.2) is 0 Å². The van der Waals surface area contributed by atoms with Crippen LogP contribution in [0.5, 0.6) is 0 Å². The Balaban J connectivity index is 2.51. The maximum absolute atomic E-state index is 9.96. The molecule has 1 saturated carbocycles. The highest BCUT2D eigenvalue weighted by atomic mass is 16.3. The fourth-order valence-electron chi connectivity index (χ4n) is 4.43. The van der Waals surface area contributed by atoms with E-state index in [-0.39, 0.29) is 25.7 Å². The second-order valence-electron chi connectivity index (χ2n) is 8.40. The molecular formula is C22H44O3. The summed E-state index contributed by atoms with van der Waals surface area (Å²) in [5.41, 5.74) is -0.488. The van der Waals surface area contributed by atoms with Crippen molar-refractivity contribution in [1.82, 2.24) is 0 Å². The third-order valence-corrected chi connectivity index (χ3v) is 6.44. The van der Waals surface area contributed by atoms with Crippen molar-refractivity contribution in [3.05, 3.63) is 0 Å². The van der Waals surface area contributed by atoms with Crippen LogP contribution in [0.4, 0.5) is 0 Å². The van der Waals surface area contributed by atoms with Crippen LogP contribution in [0.1, 0.15) is 109 Å². The van der Waals surface area contributed by atoms with Gasteiger partial charge in [-0.15, -0.1) is 0 Å². The van der Waals surface area contributed by atoms with Crippen molar-refractivity contribution < 1.29 is 15.3 Å². The van der Waals surface area contributed by atoms with E-state index < -0.39 is 5.41 Å². The van der Waals surface area contributed by atoms with Crippen molar-refractivity contribution in [3.63, 3.8) is 0 Å². The van der Waals surface area contributed by atoms with Crippen LogP contribution < -0.4 is 0 Å². The summed E-state index contributed by atoms with van der Waals surface area (Å²) in [5.74, 6) is 0.0320. The average molecular weight is 357 g/mol. The van der Waals surface area contributed by atoms with Gasteiger partial charge in [-0.2, -0.15) is 0 Å². The lowest BCUT2D eigenvalue weighted by Crippen LogP contribution is -2.40. The predicted octanol–water partition coefficient (Wildman–Crippen LogP) is 5.21. The highest BCUT2D eigenvalue weighted by molar-refractivity contribution is 4.85. The summed E-state index contributed by atoms with van der Waals surface area (Å²) in [6.07, 6.45) is 21.2. The number of hydrogen-bond donors (Lipinski definition) is 3. The molecule has 1 aliphatic rings. The maximum Gasteiger partial charge on any atom is 0.0512 e. The van der Waals surface area contributed by atoms with Crippen molar-refractivity contribution in [1.29, 1.82) is 0 Å². The van der Waals surface area contributed by atoms with Crippen LogP contribution in [-0.4, -0.2) is 35.1 Å². The first-order valence-electron chi connectivity index (χ1n) is 11.1. The third-order valence-electron chi connectivity index (χ3n) is 6.44. The van der Waals surface area contributed by atoms with Gasteiger partial charge in [0, 0.05) is 12.0 Å². The largest absolute Gasteiger partial charge is 0.396 e. The minimum absolute atomic E-state index is 0.00523. The number of aliphatic hydroxyl groups is 3. The molecular weight excluding hydrogens is 312 g/mol. The van der Waals surface area contributed by atoms with Crippen molar-refractivity contribution in [2.45, 2.75) is 109 Å². The highest BCUT2D eigenvalue weighted by Crippen LogP contribution is 2.36. The molecule has 1 unspecified atom stereocenters. The fourth-order valence-corrected chi connectivity index (χ4v) is 4.43. The molecule has 0 spiro atoms. The van der Waals surface area contributed by atoms with E-state index in [0.29, 0.717) is 0 Å². The molecule has 0 aromatic carbocycles. The number of rotatable bonds is 3. The normalized spacial score (nSPS) is 26.3. The molecule has 25 heavy (non-hydrogen) atoms. The monoisotopic (exact) mass is 356 g/mol. The molecule has 0 saturated heterocycles. The van der Waals surface area contributed by atoms with E-state index in [1.54, 1.807) is 0 Å². The van der Waals surface area contributed by atoms with Crippen molar-refractivity contribution in [3.8, 4) is 0 Å². The lowest BCUT2D eigenvalue weighted by atomic mass is 9.71. The van der Waals surface area contributed by atoms with Crippen LogP contribution in [0.3, 0.4) is 0 Å². The van der Waals surface area contributed by atoms with Crippen molar-refractivity contribution in [2.75, 3.05) is 19.8 Å². The van der Waals surface area contributed by atoms with E-state index >= 15 is 0 Å². The molecule has 1 atom stereocenters. The first kappa shape index (κ1) is 22.9. The summed E-state index contributed by atoms with van der Waals surface area (Å²) in [5, 5.41) is 29.8. The minimum Gasteiger partial charge on any atom is -0.396 e. The highest BCUT2D eigenvalue weighted by Gasteiger charge is 2.36. The maximum atomic E-state index is 9.96. The van der Waals surface area contributed by atoms with E-state index in [9.17, 15) is 15.3 Å². The van der Waals surface area contributed by atoms with Gasteiger partial charge in [-0.1, -0.05) is 96.3 Å². The lowest BCUT2D eigenvalue weighted by Gasteiger charge is -2.37. The molecule has 3 N–H and O–H groups in total. The standard InChI is InChI=1S/C22H44O3/c23-18-21-16-14-12-10-8-6-4-2-1-3-5-7-9-11-13-15-17-22(21,19-24)20-25/h21,23-25H,1-20H2. The molecule has 3 heteroatoms. The molecule has 0 aromatic rings. The summed E-state index contributed by atoms with van der Waals surface area (Å²) in [6, 6.07) is 0. The molecule has 1 fully saturated rings. The summed E-state index contributed by atoms with van der Waals surface area (Å²) >= 11 is 0. The Morgan fingerprint density at radius 1 is 0.520 bits per heavy atom. The molecule has 1 aliphatic carbocycles. The number of aliphatic hydroxyl groups excluding tert-OH is 3. The Labute approximate surface area is 156 Å². The zero-order chi connectivity index (χ0) is 18.2. The molecule has 0 aromatic heterocycles. The van der Waals surface area contributed by atoms with Gasteiger partial charge < -0.3 is 15.3 Å². The second kappa shape index (κ2) is 15.0. The average Bonchev–Trinajstić information content (AvgIpc) is 2.64. The molecule has 0 aliphatic heterocycles. The zero-order valence-corrected chi connectivity index (χ0v) is 16.6. The van der Waals surface area contributed by atoms with Crippen LogP contribution in [0.15, 0.2) is 0 Å². The Morgan fingerprint density at radius 3 is 1.24 bits per heavy atom. The van der Waals surface area contributed by atoms with E-state index in [1.165, 1.54) is 83.5 Å². The molecule has 0 radical (unpaired) electrons. The zero-order valence-electron chi connectivity index (χ0n) is 16.6. The van der Waals surface area contributed by atoms with Gasteiger partial charge in [0.2, 0.25) is 0 Å². The van der Waals surface area contributed by atoms with Crippen molar-refractivity contribution in [2.24, 2.45) is 11.3 Å². The summed E-state index contributed by atoms with van der Waals surface area (Å²) in [6.45, 7) is 0.0740. The topological polar surface area (TPSA) is 60.7 Å².